The Bertz CT molecular complexity index is 323. The molecule has 0 atom stereocenters. The van der Waals surface area contributed by atoms with Gasteiger partial charge in [-0.15, -0.1) is 11.3 Å². The summed E-state index contributed by atoms with van der Waals surface area (Å²) in [5, 5.41) is 3.37. The van der Waals surface area contributed by atoms with Gasteiger partial charge in [0.05, 0.1) is 0 Å². The van der Waals surface area contributed by atoms with Gasteiger partial charge in [-0.3, -0.25) is 9.59 Å². The predicted molar refractivity (Wildman–Crippen MR) is 46.3 cm³/mol. The molecule has 0 saturated heterocycles. The molecule has 1 aromatic rings. The molecular weight excluding hydrogens is 200 g/mol. The highest BCUT2D eigenvalue weighted by Gasteiger charge is 2.16. The minimum absolute atomic E-state index is 0.0474. The average molecular weight is 204 g/mol. The van der Waals surface area contributed by atoms with Crippen LogP contribution in [0, 0.1) is 7.05 Å². The van der Waals surface area contributed by atoms with E-state index in [9.17, 15) is 9.59 Å². The number of carbonyl (C=O) groups excluding carboxylic acids is 2. The molecule has 0 unspecified atom stereocenters. The Balaban J connectivity index is 2.89. The predicted octanol–water partition coefficient (Wildman–Crippen LogP) is 1.29. The molecule has 63 valence electrons. The van der Waals surface area contributed by atoms with Gasteiger partial charge >= 0.3 is 0 Å². The van der Waals surface area contributed by atoms with Gasteiger partial charge in [-0.2, -0.15) is 0 Å². The molecule has 1 aromatic heterocycles. The quantitative estimate of drug-likeness (QED) is 0.457. The number of hydrogen-bond donors (Lipinski definition) is 1. The number of hydrogen-bond acceptors (Lipinski definition) is 5. The van der Waals surface area contributed by atoms with Crippen LogP contribution >= 0.6 is 22.9 Å². The van der Waals surface area contributed by atoms with E-state index in [1.54, 1.807) is 0 Å². The normalized spacial score (nSPS) is 9.50. The fourth-order valence-electron chi connectivity index (χ4n) is 0.560. The van der Waals surface area contributed by atoms with Gasteiger partial charge < -0.3 is 5.32 Å². The number of nitrogens with one attached hydrogen (secondary N) is 1. The summed E-state index contributed by atoms with van der Waals surface area (Å²) in [6.07, 6.45) is 0. The first-order chi connectivity index (χ1) is 5.65. The van der Waals surface area contributed by atoms with Gasteiger partial charge in [0.15, 0.2) is 5.13 Å². The maximum absolute atomic E-state index is 10.9. The summed E-state index contributed by atoms with van der Waals surface area (Å²) in [6.45, 7) is 0. The van der Waals surface area contributed by atoms with E-state index in [1.807, 2.05) is 0 Å². The number of Topliss-reactive ketones (excluding diaryl/α,β-unsaturated/α-hetero) is 1. The molecule has 1 heterocycles. The summed E-state index contributed by atoms with van der Waals surface area (Å²) in [4.78, 5) is 25.0. The van der Waals surface area contributed by atoms with Crippen LogP contribution in [0.2, 0.25) is 0 Å². The van der Waals surface area contributed by atoms with Gasteiger partial charge in [0.2, 0.25) is 0 Å². The van der Waals surface area contributed by atoms with E-state index >= 15 is 0 Å². The van der Waals surface area contributed by atoms with Gasteiger partial charge in [0.25, 0.3) is 11.0 Å². The number of aromatic nitrogens is 1. The van der Waals surface area contributed by atoms with Crippen LogP contribution in [-0.4, -0.2) is 16.0 Å². The third-order valence-corrected chi connectivity index (χ3v) is 2.04. The third-order valence-electron chi connectivity index (χ3n) is 1.07. The zero-order chi connectivity index (χ0) is 9.14. The number of halogens is 1. The number of nitrogens with zero attached hydrogens (tertiary/aromatic N) is 1. The van der Waals surface area contributed by atoms with Crippen molar-refractivity contribution in [1.29, 1.82) is 0 Å². The molecule has 0 fully saturated rings. The maximum atomic E-state index is 10.9. The second-order valence-electron chi connectivity index (χ2n) is 1.82. The SMILES string of the molecule is [CH2]Nc1nc(C(=O)C(=O)Cl)cs1. The smallest absolute Gasteiger partial charge is 0.294 e. The van der Waals surface area contributed by atoms with Gasteiger partial charge in [-0.1, -0.05) is 0 Å². The second-order valence-corrected chi connectivity index (χ2v) is 3.02. The van der Waals surface area contributed by atoms with E-state index in [0.29, 0.717) is 5.13 Å². The van der Waals surface area contributed by atoms with Crippen LogP contribution in [0.4, 0.5) is 5.13 Å². The van der Waals surface area contributed by atoms with Crippen molar-refractivity contribution in [1.82, 2.24) is 4.98 Å². The molecule has 0 aliphatic rings. The summed E-state index contributed by atoms with van der Waals surface area (Å²) >= 11 is 6.13. The summed E-state index contributed by atoms with van der Waals surface area (Å²) in [5.41, 5.74) is 0.0474. The minimum Gasteiger partial charge on any atom is -0.360 e. The van der Waals surface area contributed by atoms with E-state index in [1.165, 1.54) is 16.7 Å². The van der Waals surface area contributed by atoms with Gasteiger partial charge in [-0.25, -0.2) is 4.98 Å². The second kappa shape index (κ2) is 3.64. The lowest BCUT2D eigenvalue weighted by molar-refractivity contribution is -0.108. The van der Waals surface area contributed by atoms with Crippen molar-refractivity contribution < 1.29 is 9.59 Å². The van der Waals surface area contributed by atoms with E-state index in [2.05, 4.69) is 17.3 Å². The molecule has 0 saturated carbocycles. The van der Waals surface area contributed by atoms with Crippen molar-refractivity contribution in [3.05, 3.63) is 18.1 Å². The monoisotopic (exact) mass is 203 g/mol. The molecule has 0 bridgehead atoms. The highest BCUT2D eigenvalue weighted by molar-refractivity contribution is 7.14. The molecule has 0 aliphatic heterocycles. The Kier molecular flexibility index (Phi) is 2.78. The van der Waals surface area contributed by atoms with Crippen LogP contribution < -0.4 is 5.32 Å². The topological polar surface area (TPSA) is 59.1 Å². The van der Waals surface area contributed by atoms with Crippen LogP contribution in [0.15, 0.2) is 5.38 Å². The van der Waals surface area contributed by atoms with Crippen LogP contribution in [0.1, 0.15) is 10.5 Å². The first-order valence-corrected chi connectivity index (χ1v) is 4.13. The molecule has 1 N–H and O–H groups in total. The summed E-state index contributed by atoms with van der Waals surface area (Å²) in [7, 11) is 3.34. The Morgan fingerprint density at radius 1 is 1.67 bits per heavy atom. The molecule has 0 aromatic carbocycles. The highest BCUT2D eigenvalue weighted by atomic mass is 35.5. The van der Waals surface area contributed by atoms with Crippen molar-refractivity contribution in [2.24, 2.45) is 0 Å². The van der Waals surface area contributed by atoms with Crippen molar-refractivity contribution in [3.63, 3.8) is 0 Å². The van der Waals surface area contributed by atoms with Crippen LogP contribution in [0.5, 0.6) is 0 Å². The minimum atomic E-state index is -1.03. The third kappa shape index (κ3) is 1.80. The molecule has 4 nitrogen and oxygen atoms in total. The lowest BCUT2D eigenvalue weighted by Crippen LogP contribution is -2.07. The maximum Gasteiger partial charge on any atom is 0.294 e. The fraction of sp³-hybridized carbons (Fsp3) is 0. The van der Waals surface area contributed by atoms with Crippen LogP contribution in [0.3, 0.4) is 0 Å². The number of anilines is 1. The standard InChI is InChI=1S/C6H4ClN2O2S/c1-8-6-9-3(2-12-6)4(10)5(7)11/h2H,1H2,(H,8,9). The van der Waals surface area contributed by atoms with E-state index in [4.69, 9.17) is 11.6 Å². The number of carbonyl (C=O) groups is 2. The largest absolute Gasteiger partial charge is 0.360 e. The first-order valence-electron chi connectivity index (χ1n) is 2.88. The lowest BCUT2D eigenvalue weighted by atomic mass is 10.3. The Labute approximate surface area is 77.6 Å². The number of rotatable bonds is 3. The Hall–Kier alpha value is -0.940. The van der Waals surface area contributed by atoms with Gasteiger partial charge in [0, 0.05) is 12.4 Å². The zero-order valence-corrected chi connectivity index (χ0v) is 7.41. The molecule has 1 radical (unpaired) electrons. The molecule has 0 spiro atoms. The fourth-order valence-corrected chi connectivity index (χ4v) is 1.27. The first kappa shape index (κ1) is 9.15. The molecule has 0 amide bonds. The average Bonchev–Trinajstić information content (AvgIpc) is 2.50. The lowest BCUT2D eigenvalue weighted by Gasteiger charge is -1.87. The summed E-state index contributed by atoms with van der Waals surface area (Å²) in [5.74, 6) is -0.797. The molecular formula is C6H4ClN2O2S. The van der Waals surface area contributed by atoms with Gasteiger partial charge in [0.1, 0.15) is 5.69 Å². The van der Waals surface area contributed by atoms with E-state index in [0.717, 1.165) is 0 Å². The zero-order valence-electron chi connectivity index (χ0n) is 5.83. The summed E-state index contributed by atoms with van der Waals surface area (Å²) < 4.78 is 0. The number of ketones is 1. The molecule has 12 heavy (non-hydrogen) atoms. The van der Waals surface area contributed by atoms with E-state index < -0.39 is 11.0 Å². The van der Waals surface area contributed by atoms with Crippen molar-refractivity contribution >= 4 is 39.1 Å². The molecule has 0 aliphatic carbocycles. The molecule has 1 rings (SSSR count). The Morgan fingerprint density at radius 3 is 2.75 bits per heavy atom. The van der Waals surface area contributed by atoms with Crippen molar-refractivity contribution in [3.8, 4) is 0 Å². The van der Waals surface area contributed by atoms with Crippen LogP contribution in [0.25, 0.3) is 0 Å². The Morgan fingerprint density at radius 2 is 2.33 bits per heavy atom. The van der Waals surface area contributed by atoms with Crippen molar-refractivity contribution in [2.75, 3.05) is 5.32 Å². The van der Waals surface area contributed by atoms with Gasteiger partial charge in [-0.05, 0) is 11.6 Å². The highest BCUT2D eigenvalue weighted by Crippen LogP contribution is 2.15. The van der Waals surface area contributed by atoms with E-state index in [-0.39, 0.29) is 5.69 Å². The molecule has 6 heteroatoms. The van der Waals surface area contributed by atoms with Crippen LogP contribution in [-0.2, 0) is 4.79 Å². The van der Waals surface area contributed by atoms with Crippen molar-refractivity contribution in [2.45, 2.75) is 0 Å². The summed E-state index contributed by atoms with van der Waals surface area (Å²) in [6, 6.07) is 0. The number of thiazole rings is 1.